The Balaban J connectivity index is 2.32. The van der Waals surface area contributed by atoms with Crippen molar-refractivity contribution >= 4 is 9.84 Å². The normalized spacial score (nSPS) is 41.6. The smallest absolute Gasteiger partial charge is 0.152 e. The quantitative estimate of drug-likeness (QED) is 0.681. The highest BCUT2D eigenvalue weighted by Crippen LogP contribution is 2.46. The average Bonchev–Trinajstić information content (AvgIpc) is 2.46. The van der Waals surface area contributed by atoms with Crippen LogP contribution in [0, 0.1) is 16.7 Å². The highest BCUT2D eigenvalue weighted by Gasteiger charge is 2.56. The Labute approximate surface area is 102 Å². The number of aliphatic hydroxyl groups is 1. The van der Waals surface area contributed by atoms with E-state index < -0.39 is 20.9 Å². The van der Waals surface area contributed by atoms with Crippen molar-refractivity contribution in [2.45, 2.75) is 31.3 Å². The molecule has 2 aliphatic heterocycles. The van der Waals surface area contributed by atoms with Gasteiger partial charge in [0.05, 0.1) is 23.2 Å². The lowest BCUT2D eigenvalue weighted by Gasteiger charge is -2.38. The molecule has 2 fully saturated rings. The number of nitrogens with zero attached hydrogens (tertiary/aromatic N) is 1. The zero-order chi connectivity index (χ0) is 12.6. The van der Waals surface area contributed by atoms with Crippen LogP contribution in [0.25, 0.3) is 0 Å². The molecule has 6 heteroatoms. The number of nitrogens with one attached hydrogen (secondary N) is 1. The van der Waals surface area contributed by atoms with E-state index in [2.05, 4.69) is 11.4 Å². The van der Waals surface area contributed by atoms with Crippen LogP contribution in [0.4, 0.5) is 0 Å². The molecule has 2 atom stereocenters. The van der Waals surface area contributed by atoms with E-state index >= 15 is 0 Å². The second-order valence-electron chi connectivity index (χ2n) is 5.17. The van der Waals surface area contributed by atoms with Crippen LogP contribution in [0.15, 0.2) is 0 Å². The van der Waals surface area contributed by atoms with Gasteiger partial charge in [0.15, 0.2) is 9.84 Å². The van der Waals surface area contributed by atoms with Gasteiger partial charge in [-0.25, -0.2) is 8.42 Å². The molecular weight excluding hydrogens is 240 g/mol. The van der Waals surface area contributed by atoms with Gasteiger partial charge in [-0.1, -0.05) is 0 Å². The van der Waals surface area contributed by atoms with Gasteiger partial charge in [0, 0.05) is 0 Å². The van der Waals surface area contributed by atoms with Gasteiger partial charge in [-0.3, -0.25) is 0 Å². The van der Waals surface area contributed by atoms with Crippen LogP contribution in [0.3, 0.4) is 0 Å². The summed E-state index contributed by atoms with van der Waals surface area (Å²) >= 11 is 0. The first kappa shape index (κ1) is 12.8. The molecular formula is C11H18N2O3S. The summed E-state index contributed by atoms with van der Waals surface area (Å²) < 4.78 is 23.2. The van der Waals surface area contributed by atoms with Gasteiger partial charge in [-0.15, -0.1) is 0 Å². The fourth-order valence-corrected chi connectivity index (χ4v) is 4.97. The number of sulfone groups is 1. The molecule has 2 aliphatic rings. The summed E-state index contributed by atoms with van der Waals surface area (Å²) in [6.07, 6.45) is 2.00. The first-order chi connectivity index (χ1) is 7.93. The molecule has 0 amide bonds. The lowest BCUT2D eigenvalue weighted by atomic mass is 9.69. The summed E-state index contributed by atoms with van der Waals surface area (Å²) in [5, 5.41) is 23.2. The van der Waals surface area contributed by atoms with Gasteiger partial charge < -0.3 is 10.4 Å². The Morgan fingerprint density at radius 2 is 2.00 bits per heavy atom. The van der Waals surface area contributed by atoms with Crippen molar-refractivity contribution < 1.29 is 13.5 Å². The number of hydrogen-bond acceptors (Lipinski definition) is 5. The zero-order valence-electron chi connectivity index (χ0n) is 9.78. The summed E-state index contributed by atoms with van der Waals surface area (Å²) in [4.78, 5) is 0. The SMILES string of the molecule is N#CC1(C2(O)CCCNCC2)CCS(=O)(=O)C1. The Morgan fingerprint density at radius 1 is 1.24 bits per heavy atom. The minimum absolute atomic E-state index is 0.0241. The van der Waals surface area contributed by atoms with Crippen LogP contribution in [0.1, 0.15) is 25.7 Å². The maximum atomic E-state index is 11.6. The molecule has 0 aromatic heterocycles. The van der Waals surface area contributed by atoms with Crippen molar-refractivity contribution in [1.29, 1.82) is 5.26 Å². The van der Waals surface area contributed by atoms with Crippen LogP contribution in [-0.4, -0.2) is 43.7 Å². The Hall–Kier alpha value is -0.640. The molecule has 2 heterocycles. The van der Waals surface area contributed by atoms with Crippen molar-refractivity contribution in [3.05, 3.63) is 0 Å². The van der Waals surface area contributed by atoms with Gasteiger partial charge in [-0.2, -0.15) is 5.26 Å². The van der Waals surface area contributed by atoms with Gasteiger partial charge in [0.1, 0.15) is 5.41 Å². The molecule has 0 radical (unpaired) electrons. The van der Waals surface area contributed by atoms with E-state index in [0.717, 1.165) is 13.0 Å². The summed E-state index contributed by atoms with van der Waals surface area (Å²) in [5.41, 5.74) is -2.26. The van der Waals surface area contributed by atoms with Gasteiger partial charge in [0.25, 0.3) is 0 Å². The van der Waals surface area contributed by atoms with Gasteiger partial charge in [0.2, 0.25) is 0 Å². The summed E-state index contributed by atoms with van der Waals surface area (Å²) in [7, 11) is -3.17. The molecule has 0 saturated carbocycles. The fraction of sp³-hybridized carbons (Fsp3) is 0.909. The lowest BCUT2D eigenvalue weighted by molar-refractivity contribution is -0.0534. The highest BCUT2D eigenvalue weighted by atomic mass is 32.2. The largest absolute Gasteiger partial charge is 0.388 e. The Morgan fingerprint density at radius 3 is 2.59 bits per heavy atom. The summed E-state index contributed by atoms with van der Waals surface area (Å²) in [6.45, 7) is 1.45. The highest BCUT2D eigenvalue weighted by molar-refractivity contribution is 7.91. The molecule has 96 valence electrons. The van der Waals surface area contributed by atoms with E-state index in [0.29, 0.717) is 19.4 Å². The molecule has 2 unspecified atom stereocenters. The van der Waals surface area contributed by atoms with Gasteiger partial charge in [-0.05, 0) is 38.8 Å². The van der Waals surface area contributed by atoms with Crippen molar-refractivity contribution in [3.8, 4) is 6.07 Å². The monoisotopic (exact) mass is 258 g/mol. The molecule has 17 heavy (non-hydrogen) atoms. The fourth-order valence-electron chi connectivity index (χ4n) is 2.94. The number of hydrogen-bond donors (Lipinski definition) is 2. The van der Waals surface area contributed by atoms with E-state index in [1.807, 2.05) is 0 Å². The molecule has 0 bridgehead atoms. The molecule has 2 saturated heterocycles. The second-order valence-corrected chi connectivity index (χ2v) is 7.36. The van der Waals surface area contributed by atoms with Crippen LogP contribution in [-0.2, 0) is 9.84 Å². The van der Waals surface area contributed by atoms with E-state index in [4.69, 9.17) is 0 Å². The molecule has 0 spiro atoms. The molecule has 0 aromatic carbocycles. The summed E-state index contributed by atoms with van der Waals surface area (Å²) in [5.74, 6) is -0.163. The second kappa shape index (κ2) is 4.23. The molecule has 0 aliphatic carbocycles. The minimum Gasteiger partial charge on any atom is -0.388 e. The molecule has 0 aromatic rings. The molecule has 5 nitrogen and oxygen atoms in total. The van der Waals surface area contributed by atoms with E-state index in [-0.39, 0.29) is 17.9 Å². The van der Waals surface area contributed by atoms with Crippen molar-refractivity contribution in [2.75, 3.05) is 24.6 Å². The van der Waals surface area contributed by atoms with E-state index in [1.54, 1.807) is 0 Å². The Bertz CT molecular complexity index is 432. The maximum absolute atomic E-state index is 11.6. The standard InChI is InChI=1S/C11H18N2O3S/c12-8-10(4-7-17(15,16)9-10)11(14)2-1-5-13-6-3-11/h13-14H,1-7,9H2. The lowest BCUT2D eigenvalue weighted by Crippen LogP contribution is -2.49. The van der Waals surface area contributed by atoms with Crippen LogP contribution < -0.4 is 5.32 Å². The predicted octanol–water partition coefficient (Wildman–Crippen LogP) is -0.181. The Kier molecular flexibility index (Phi) is 3.19. The van der Waals surface area contributed by atoms with Crippen molar-refractivity contribution in [1.82, 2.24) is 5.32 Å². The first-order valence-corrected chi connectivity index (χ1v) is 7.80. The van der Waals surface area contributed by atoms with Crippen LogP contribution in [0.5, 0.6) is 0 Å². The van der Waals surface area contributed by atoms with Gasteiger partial charge >= 0.3 is 0 Å². The van der Waals surface area contributed by atoms with E-state index in [9.17, 15) is 18.8 Å². The maximum Gasteiger partial charge on any atom is 0.152 e. The number of rotatable bonds is 1. The van der Waals surface area contributed by atoms with Crippen molar-refractivity contribution in [2.24, 2.45) is 5.41 Å². The van der Waals surface area contributed by atoms with E-state index in [1.165, 1.54) is 0 Å². The average molecular weight is 258 g/mol. The minimum atomic E-state index is -3.17. The zero-order valence-corrected chi connectivity index (χ0v) is 10.6. The number of nitriles is 1. The molecule has 2 N–H and O–H groups in total. The first-order valence-electron chi connectivity index (χ1n) is 5.98. The molecule has 2 rings (SSSR count). The van der Waals surface area contributed by atoms with Crippen LogP contribution >= 0.6 is 0 Å². The topological polar surface area (TPSA) is 90.2 Å². The third-order valence-electron chi connectivity index (χ3n) is 4.07. The van der Waals surface area contributed by atoms with Crippen molar-refractivity contribution in [3.63, 3.8) is 0 Å². The third-order valence-corrected chi connectivity index (χ3v) is 5.83. The predicted molar refractivity (Wildman–Crippen MR) is 63.0 cm³/mol. The van der Waals surface area contributed by atoms with Crippen LogP contribution in [0.2, 0.25) is 0 Å². The third kappa shape index (κ3) is 2.19. The summed E-state index contributed by atoms with van der Waals surface area (Å²) in [6, 6.07) is 2.11.